The van der Waals surface area contributed by atoms with Crippen LogP contribution in [0.4, 0.5) is 0 Å². The van der Waals surface area contributed by atoms with Gasteiger partial charge in [-0.05, 0) is 35.7 Å². The Hall–Kier alpha value is -4.33. The molecule has 162 valence electrons. The number of carboxylic acid groups (broad SMARTS) is 1. The first-order chi connectivity index (χ1) is 15.5. The molecule has 0 aliphatic rings. The monoisotopic (exact) mass is 432 g/mol. The van der Waals surface area contributed by atoms with Gasteiger partial charge in [0, 0.05) is 5.39 Å². The van der Waals surface area contributed by atoms with Crippen molar-refractivity contribution in [3.05, 3.63) is 71.9 Å². The SMILES string of the molecule is COC(=O)c1cc(-c2c(OC)cccc2OC)n(-c2ccc(C(=O)O)c3ccccc23)n1. The third-order valence-electron chi connectivity index (χ3n) is 5.15. The smallest absolute Gasteiger partial charge is 0.358 e. The lowest BCUT2D eigenvalue weighted by Crippen LogP contribution is -2.07. The molecule has 0 atom stereocenters. The molecule has 32 heavy (non-hydrogen) atoms. The molecule has 0 saturated heterocycles. The summed E-state index contributed by atoms with van der Waals surface area (Å²) in [6, 6.07) is 17.2. The molecule has 1 N–H and O–H groups in total. The van der Waals surface area contributed by atoms with E-state index in [1.165, 1.54) is 27.4 Å². The van der Waals surface area contributed by atoms with E-state index in [2.05, 4.69) is 5.10 Å². The number of aromatic nitrogens is 2. The van der Waals surface area contributed by atoms with Crippen molar-refractivity contribution in [3.8, 4) is 28.4 Å². The molecule has 0 unspecified atom stereocenters. The van der Waals surface area contributed by atoms with Gasteiger partial charge in [0.15, 0.2) is 5.69 Å². The average molecular weight is 432 g/mol. The van der Waals surface area contributed by atoms with E-state index in [0.29, 0.717) is 39.2 Å². The Morgan fingerprint density at radius 1 is 0.875 bits per heavy atom. The van der Waals surface area contributed by atoms with E-state index in [4.69, 9.17) is 14.2 Å². The van der Waals surface area contributed by atoms with Crippen molar-refractivity contribution in [3.63, 3.8) is 0 Å². The summed E-state index contributed by atoms with van der Waals surface area (Å²) in [5, 5.41) is 15.3. The molecule has 0 bridgehead atoms. The number of fused-ring (bicyclic) bond motifs is 1. The van der Waals surface area contributed by atoms with Crippen LogP contribution in [0.3, 0.4) is 0 Å². The number of methoxy groups -OCH3 is 3. The van der Waals surface area contributed by atoms with Crippen LogP contribution in [-0.4, -0.2) is 48.2 Å². The van der Waals surface area contributed by atoms with Gasteiger partial charge in [-0.1, -0.05) is 30.3 Å². The lowest BCUT2D eigenvalue weighted by Gasteiger charge is -2.16. The van der Waals surface area contributed by atoms with Gasteiger partial charge in [-0.2, -0.15) is 5.10 Å². The van der Waals surface area contributed by atoms with Crippen LogP contribution < -0.4 is 9.47 Å². The third kappa shape index (κ3) is 3.41. The van der Waals surface area contributed by atoms with Gasteiger partial charge in [-0.25, -0.2) is 14.3 Å². The predicted octanol–water partition coefficient (Wildman–Crippen LogP) is 4.19. The first-order valence-electron chi connectivity index (χ1n) is 9.65. The molecule has 1 heterocycles. The Labute approximate surface area is 183 Å². The second-order valence-corrected chi connectivity index (χ2v) is 6.84. The highest BCUT2D eigenvalue weighted by Gasteiger charge is 2.24. The zero-order valence-corrected chi connectivity index (χ0v) is 17.7. The minimum atomic E-state index is -1.03. The van der Waals surface area contributed by atoms with Gasteiger partial charge in [-0.15, -0.1) is 0 Å². The number of ether oxygens (including phenoxy) is 3. The van der Waals surface area contributed by atoms with Gasteiger partial charge >= 0.3 is 11.9 Å². The van der Waals surface area contributed by atoms with Crippen molar-refractivity contribution in [2.75, 3.05) is 21.3 Å². The van der Waals surface area contributed by atoms with Crippen LogP contribution in [0.2, 0.25) is 0 Å². The molecule has 0 aliphatic carbocycles. The third-order valence-corrected chi connectivity index (χ3v) is 5.15. The van der Waals surface area contributed by atoms with E-state index >= 15 is 0 Å². The summed E-state index contributed by atoms with van der Waals surface area (Å²) in [5.41, 5.74) is 1.95. The van der Waals surface area contributed by atoms with Crippen molar-refractivity contribution in [2.45, 2.75) is 0 Å². The Kier molecular flexibility index (Phi) is 5.51. The first kappa shape index (κ1) is 20.9. The van der Waals surface area contributed by atoms with Crippen LogP contribution in [0.15, 0.2) is 60.7 Å². The molecule has 8 heteroatoms. The Morgan fingerprint density at radius 2 is 1.53 bits per heavy atom. The van der Waals surface area contributed by atoms with Gasteiger partial charge in [-0.3, -0.25) is 0 Å². The van der Waals surface area contributed by atoms with Crippen LogP contribution in [0.5, 0.6) is 11.5 Å². The Balaban J connectivity index is 2.08. The summed E-state index contributed by atoms with van der Waals surface area (Å²) >= 11 is 0. The maximum atomic E-state index is 12.3. The number of rotatable bonds is 6. The fourth-order valence-corrected chi connectivity index (χ4v) is 3.71. The van der Waals surface area contributed by atoms with Crippen molar-refractivity contribution in [1.82, 2.24) is 9.78 Å². The quantitative estimate of drug-likeness (QED) is 0.456. The van der Waals surface area contributed by atoms with E-state index < -0.39 is 11.9 Å². The fourth-order valence-electron chi connectivity index (χ4n) is 3.71. The second-order valence-electron chi connectivity index (χ2n) is 6.84. The molecule has 0 amide bonds. The number of hydrogen-bond acceptors (Lipinski definition) is 6. The first-order valence-corrected chi connectivity index (χ1v) is 9.65. The number of aromatic carboxylic acids is 1. The van der Waals surface area contributed by atoms with Crippen molar-refractivity contribution in [2.24, 2.45) is 0 Å². The predicted molar refractivity (Wildman–Crippen MR) is 118 cm³/mol. The van der Waals surface area contributed by atoms with E-state index in [-0.39, 0.29) is 11.3 Å². The van der Waals surface area contributed by atoms with Crippen LogP contribution in [-0.2, 0) is 4.74 Å². The number of esters is 1. The van der Waals surface area contributed by atoms with E-state index in [1.54, 1.807) is 53.2 Å². The molecule has 0 radical (unpaired) electrons. The zero-order chi connectivity index (χ0) is 22.8. The van der Waals surface area contributed by atoms with Gasteiger partial charge < -0.3 is 19.3 Å². The van der Waals surface area contributed by atoms with Crippen LogP contribution >= 0.6 is 0 Å². The molecule has 3 aromatic carbocycles. The molecular formula is C24H20N2O6. The molecule has 0 spiro atoms. The summed E-state index contributed by atoms with van der Waals surface area (Å²) in [6.07, 6.45) is 0. The number of carbonyl (C=O) groups excluding carboxylic acids is 1. The second kappa shape index (κ2) is 8.43. The minimum Gasteiger partial charge on any atom is -0.496 e. The number of benzene rings is 3. The molecule has 0 aliphatic heterocycles. The molecule has 0 saturated carbocycles. The minimum absolute atomic E-state index is 0.0850. The Bertz CT molecular complexity index is 1320. The highest BCUT2D eigenvalue weighted by Crippen LogP contribution is 2.40. The molecule has 0 fully saturated rings. The normalized spacial score (nSPS) is 10.7. The van der Waals surface area contributed by atoms with E-state index in [1.807, 2.05) is 6.07 Å². The van der Waals surface area contributed by atoms with Gasteiger partial charge in [0.1, 0.15) is 11.5 Å². The average Bonchev–Trinajstić information content (AvgIpc) is 3.26. The number of carbonyl (C=O) groups is 2. The molecule has 4 rings (SSSR count). The molecule has 1 aromatic heterocycles. The van der Waals surface area contributed by atoms with E-state index in [0.717, 1.165) is 0 Å². The largest absolute Gasteiger partial charge is 0.496 e. The fraction of sp³-hybridized carbons (Fsp3) is 0.125. The lowest BCUT2D eigenvalue weighted by atomic mass is 10.0. The maximum Gasteiger partial charge on any atom is 0.358 e. The standard InChI is InChI=1S/C24H20N2O6/c1-30-20-9-6-10-21(31-2)22(20)19-13-17(24(29)32-3)25-26(19)18-12-11-16(23(27)28)14-7-4-5-8-15(14)18/h4-13H,1-3H3,(H,27,28). The van der Waals surface area contributed by atoms with E-state index in [9.17, 15) is 14.7 Å². The van der Waals surface area contributed by atoms with Crippen LogP contribution in [0, 0.1) is 0 Å². The van der Waals surface area contributed by atoms with Crippen molar-refractivity contribution in [1.29, 1.82) is 0 Å². The molecular weight excluding hydrogens is 412 g/mol. The topological polar surface area (TPSA) is 99.9 Å². The Morgan fingerprint density at radius 3 is 2.12 bits per heavy atom. The van der Waals surface area contributed by atoms with Crippen molar-refractivity contribution >= 4 is 22.7 Å². The molecule has 4 aromatic rings. The summed E-state index contributed by atoms with van der Waals surface area (Å²) in [6.45, 7) is 0. The maximum absolute atomic E-state index is 12.3. The van der Waals surface area contributed by atoms with Gasteiger partial charge in [0.2, 0.25) is 0 Å². The lowest BCUT2D eigenvalue weighted by molar-refractivity contribution is 0.0592. The summed E-state index contributed by atoms with van der Waals surface area (Å²) in [5.74, 6) is -0.595. The molecule has 8 nitrogen and oxygen atoms in total. The van der Waals surface area contributed by atoms with Gasteiger partial charge in [0.05, 0.1) is 43.8 Å². The number of hydrogen-bond donors (Lipinski definition) is 1. The summed E-state index contributed by atoms with van der Waals surface area (Å²) < 4.78 is 17.5. The van der Waals surface area contributed by atoms with Gasteiger partial charge in [0.25, 0.3) is 0 Å². The zero-order valence-electron chi connectivity index (χ0n) is 17.7. The highest BCUT2D eigenvalue weighted by molar-refractivity contribution is 6.06. The van der Waals surface area contributed by atoms with Crippen LogP contribution in [0.25, 0.3) is 27.7 Å². The summed E-state index contributed by atoms with van der Waals surface area (Å²) in [7, 11) is 4.36. The highest BCUT2D eigenvalue weighted by atomic mass is 16.5. The number of carboxylic acids is 1. The van der Waals surface area contributed by atoms with Crippen LogP contribution in [0.1, 0.15) is 20.8 Å². The summed E-state index contributed by atoms with van der Waals surface area (Å²) in [4.78, 5) is 24.1. The number of nitrogens with zero attached hydrogens (tertiary/aromatic N) is 2. The van der Waals surface area contributed by atoms with Crippen molar-refractivity contribution < 1.29 is 28.9 Å².